The Balaban J connectivity index is 1.56. The van der Waals surface area contributed by atoms with E-state index in [9.17, 15) is 9.59 Å². The second kappa shape index (κ2) is 8.10. The maximum absolute atomic E-state index is 14.0. The van der Waals surface area contributed by atoms with Crippen molar-refractivity contribution in [2.24, 2.45) is 0 Å². The van der Waals surface area contributed by atoms with Crippen LogP contribution in [0.4, 0.5) is 5.82 Å². The number of nitrogens with two attached hydrogens (primary N) is 1. The first kappa shape index (κ1) is 21.6. The van der Waals surface area contributed by atoms with E-state index in [-0.39, 0.29) is 16.9 Å². The maximum atomic E-state index is 14.0. The van der Waals surface area contributed by atoms with Gasteiger partial charge in [0, 0.05) is 23.6 Å². The van der Waals surface area contributed by atoms with Crippen molar-refractivity contribution in [3.63, 3.8) is 0 Å². The number of nitrogens with zero attached hydrogens (tertiary/aromatic N) is 4. The number of nitrogens with one attached hydrogen (secondary N) is 1. The molecule has 0 fully saturated rings. The molecule has 1 aliphatic carbocycles. The summed E-state index contributed by atoms with van der Waals surface area (Å²) in [6.45, 7) is 1.87. The first-order valence-corrected chi connectivity index (χ1v) is 11.6. The number of carbonyl (C=O) groups is 1. The third-order valence-electron chi connectivity index (χ3n) is 6.78. The minimum atomic E-state index is -0.525. The van der Waals surface area contributed by atoms with E-state index in [0.717, 1.165) is 35.0 Å². The Morgan fingerprint density at radius 1 is 1.14 bits per heavy atom. The second-order valence-corrected chi connectivity index (χ2v) is 8.85. The van der Waals surface area contributed by atoms with Crippen molar-refractivity contribution in [3.05, 3.63) is 99.2 Å². The van der Waals surface area contributed by atoms with E-state index >= 15 is 0 Å². The molecular weight excluding hydrogens is 452 g/mol. The number of benzene rings is 2. The molecule has 1 atom stereocenters. The molecule has 0 saturated heterocycles. The van der Waals surface area contributed by atoms with Gasteiger partial charge in [-0.3, -0.25) is 14.2 Å². The topological polar surface area (TPSA) is 107 Å². The largest absolute Gasteiger partial charge is 0.381 e. The third kappa shape index (κ3) is 3.10. The maximum Gasteiger partial charge on any atom is 0.264 e. The van der Waals surface area contributed by atoms with Crippen LogP contribution >= 0.6 is 0 Å². The molecule has 0 spiro atoms. The summed E-state index contributed by atoms with van der Waals surface area (Å²) in [5.41, 5.74) is 10.5. The number of para-hydroxylation sites is 1. The van der Waals surface area contributed by atoms with Crippen molar-refractivity contribution in [2.45, 2.75) is 25.8 Å². The van der Waals surface area contributed by atoms with Gasteiger partial charge in [-0.2, -0.15) is 0 Å². The fraction of sp³-hybridized carbons (Fsp3) is 0.143. The molecule has 8 heteroatoms. The van der Waals surface area contributed by atoms with Gasteiger partial charge in [-0.1, -0.05) is 30.2 Å². The highest BCUT2D eigenvalue weighted by Crippen LogP contribution is 2.36. The lowest BCUT2D eigenvalue weighted by atomic mass is 9.97. The quantitative estimate of drug-likeness (QED) is 0.389. The van der Waals surface area contributed by atoms with E-state index in [0.29, 0.717) is 22.3 Å². The minimum absolute atomic E-state index is 0.0860. The van der Waals surface area contributed by atoms with Crippen LogP contribution in [0.15, 0.2) is 65.7 Å². The summed E-state index contributed by atoms with van der Waals surface area (Å²) in [6, 6.07) is 14.4. The summed E-state index contributed by atoms with van der Waals surface area (Å²) >= 11 is 0. The van der Waals surface area contributed by atoms with Crippen molar-refractivity contribution in [1.82, 2.24) is 24.5 Å². The number of hydrogen-bond acceptors (Lipinski definition) is 5. The highest BCUT2D eigenvalue weighted by Gasteiger charge is 2.29. The Bertz CT molecular complexity index is 1790. The number of hydrogen-bond donors (Lipinski definition) is 2. The molecule has 2 aromatic carbocycles. The van der Waals surface area contributed by atoms with Crippen LogP contribution in [0.2, 0.25) is 0 Å². The van der Waals surface area contributed by atoms with Crippen LogP contribution in [-0.4, -0.2) is 25.1 Å². The molecule has 1 unspecified atom stereocenters. The van der Waals surface area contributed by atoms with Crippen LogP contribution in [0.25, 0.3) is 22.1 Å². The molecule has 0 saturated carbocycles. The fourth-order valence-corrected chi connectivity index (χ4v) is 5.29. The summed E-state index contributed by atoms with van der Waals surface area (Å²) in [5, 5.41) is 8.69. The number of terminal acetylenes is 1. The van der Waals surface area contributed by atoms with Crippen LogP contribution in [0, 0.1) is 12.3 Å². The number of carbonyl (C=O) groups excluding carboxylic acids is 1. The summed E-state index contributed by atoms with van der Waals surface area (Å²) in [4.78, 5) is 31.7. The Morgan fingerprint density at radius 2 is 1.94 bits per heavy atom. The molecule has 1 aliphatic rings. The first-order chi connectivity index (χ1) is 17.5. The molecule has 1 amide bonds. The number of aryl methyl sites for hydroxylation is 2. The molecule has 176 valence electrons. The lowest BCUT2D eigenvalue weighted by Crippen LogP contribution is -2.33. The van der Waals surface area contributed by atoms with Crippen molar-refractivity contribution in [2.75, 3.05) is 5.73 Å². The average Bonchev–Trinajstić information content (AvgIpc) is 3.46. The Hall–Kier alpha value is -4.90. The second-order valence-electron chi connectivity index (χ2n) is 8.85. The van der Waals surface area contributed by atoms with Crippen LogP contribution < -0.4 is 16.6 Å². The minimum Gasteiger partial charge on any atom is -0.381 e. The van der Waals surface area contributed by atoms with Crippen LogP contribution in [0.5, 0.6) is 0 Å². The van der Waals surface area contributed by atoms with Gasteiger partial charge in [0.15, 0.2) is 11.5 Å². The van der Waals surface area contributed by atoms with Gasteiger partial charge in [0.05, 0.1) is 17.1 Å². The predicted molar refractivity (Wildman–Crippen MR) is 138 cm³/mol. The van der Waals surface area contributed by atoms with Gasteiger partial charge in [-0.05, 0) is 60.5 Å². The molecule has 0 radical (unpaired) electrons. The van der Waals surface area contributed by atoms with Crippen molar-refractivity contribution in [1.29, 1.82) is 0 Å². The van der Waals surface area contributed by atoms with Crippen LogP contribution in [0.3, 0.4) is 0 Å². The lowest BCUT2D eigenvalue weighted by Gasteiger charge is -2.24. The summed E-state index contributed by atoms with van der Waals surface area (Å²) in [7, 11) is 0. The van der Waals surface area contributed by atoms with Crippen LogP contribution in [-0.2, 0) is 12.8 Å². The molecule has 6 rings (SSSR count). The molecule has 8 nitrogen and oxygen atoms in total. The highest BCUT2D eigenvalue weighted by molar-refractivity contribution is 6.04. The number of fused-ring (bicyclic) bond motifs is 1. The van der Waals surface area contributed by atoms with Gasteiger partial charge in [-0.15, -0.1) is 11.5 Å². The molecular formula is C28H22N6O2. The van der Waals surface area contributed by atoms with E-state index in [4.69, 9.17) is 12.2 Å². The Morgan fingerprint density at radius 3 is 2.72 bits per heavy atom. The zero-order valence-electron chi connectivity index (χ0n) is 19.5. The summed E-state index contributed by atoms with van der Waals surface area (Å²) in [5.74, 6) is 2.35. The normalized spacial score (nSPS) is 13.1. The van der Waals surface area contributed by atoms with Gasteiger partial charge >= 0.3 is 0 Å². The zero-order valence-corrected chi connectivity index (χ0v) is 19.5. The third-order valence-corrected chi connectivity index (χ3v) is 6.78. The average molecular weight is 475 g/mol. The zero-order chi connectivity index (χ0) is 25.0. The summed E-state index contributed by atoms with van der Waals surface area (Å²) < 4.78 is 3.15. The van der Waals surface area contributed by atoms with Gasteiger partial charge in [0.25, 0.3) is 11.5 Å². The molecule has 5 aromatic rings. The van der Waals surface area contributed by atoms with Crippen LogP contribution in [0.1, 0.15) is 45.7 Å². The molecule has 36 heavy (non-hydrogen) atoms. The molecule has 3 heterocycles. The number of nitrogen functional groups attached to an aromatic ring is 1. The smallest absolute Gasteiger partial charge is 0.264 e. The number of amides is 1. The van der Waals surface area contributed by atoms with Gasteiger partial charge < -0.3 is 11.1 Å². The summed E-state index contributed by atoms with van der Waals surface area (Å²) in [6.07, 6.45) is 10.6. The van der Waals surface area contributed by atoms with E-state index in [2.05, 4.69) is 21.3 Å². The van der Waals surface area contributed by atoms with Crippen molar-refractivity contribution < 1.29 is 4.79 Å². The monoisotopic (exact) mass is 474 g/mol. The number of anilines is 1. The van der Waals surface area contributed by atoms with Gasteiger partial charge in [0.2, 0.25) is 0 Å². The number of rotatable bonds is 4. The Kier molecular flexibility index (Phi) is 4.86. The van der Waals surface area contributed by atoms with Gasteiger partial charge in [0.1, 0.15) is 5.56 Å². The van der Waals surface area contributed by atoms with E-state index < -0.39 is 11.9 Å². The highest BCUT2D eigenvalue weighted by atomic mass is 16.2. The SMILES string of the molecule is C#Cc1ccc2c3c(c(C(C)NC(=O)c4c(N)nn5cccnc45)n(-c4ccccc4)c(=O)c13)CC2. The molecule has 3 aromatic heterocycles. The predicted octanol–water partition coefficient (Wildman–Crippen LogP) is 3.19. The van der Waals surface area contributed by atoms with Crippen molar-refractivity contribution >= 4 is 28.1 Å². The molecule has 0 bridgehead atoms. The number of aromatic nitrogens is 4. The van der Waals surface area contributed by atoms with Gasteiger partial charge in [-0.25, -0.2) is 9.50 Å². The Labute approximate surface area is 206 Å². The van der Waals surface area contributed by atoms with E-state index in [1.54, 1.807) is 23.0 Å². The van der Waals surface area contributed by atoms with Crippen molar-refractivity contribution in [3.8, 4) is 18.0 Å². The lowest BCUT2D eigenvalue weighted by molar-refractivity contribution is 0.0941. The van der Waals surface area contributed by atoms with E-state index in [1.807, 2.05) is 49.4 Å². The molecule has 0 aliphatic heterocycles. The number of pyridine rings is 1. The van der Waals surface area contributed by atoms with E-state index in [1.165, 1.54) is 4.52 Å². The first-order valence-electron chi connectivity index (χ1n) is 11.6. The molecule has 3 N–H and O–H groups in total. The standard InChI is InChI=1S/C28H22N6O2/c1-3-17-10-11-18-12-13-20-21(18)22(17)28(36)34(19-8-5-4-6-9-19)24(20)16(2)31-27(35)23-25(29)32-33-15-7-14-30-26(23)33/h1,4-11,14-16H,12-13H2,2H3,(H2,29,32)(H,31,35). The fourth-order valence-electron chi connectivity index (χ4n) is 5.29.